The highest BCUT2D eigenvalue weighted by molar-refractivity contribution is 8.00. The van der Waals surface area contributed by atoms with Gasteiger partial charge in [0.2, 0.25) is 11.8 Å². The van der Waals surface area contributed by atoms with Crippen molar-refractivity contribution in [1.29, 1.82) is 0 Å². The molecule has 1 heterocycles. The Kier molecular flexibility index (Phi) is 5.61. The number of rotatable bonds is 6. The maximum Gasteiger partial charge on any atom is 0.327 e. The molecule has 0 saturated carbocycles. The number of aliphatic carboxylic acids is 1. The van der Waals surface area contributed by atoms with E-state index in [1.807, 2.05) is 6.92 Å². The minimum absolute atomic E-state index is 0.197. The van der Waals surface area contributed by atoms with Crippen molar-refractivity contribution in [1.82, 2.24) is 4.90 Å². The zero-order chi connectivity index (χ0) is 14.6. The van der Waals surface area contributed by atoms with Crippen LogP contribution in [-0.2, 0) is 14.4 Å². The predicted molar refractivity (Wildman–Crippen MR) is 71.2 cm³/mol. The molecule has 1 aliphatic heterocycles. The number of carbonyl (C=O) groups excluding carboxylic acids is 2. The minimum Gasteiger partial charge on any atom is -0.480 e. The molecule has 19 heavy (non-hydrogen) atoms. The SMILES string of the molecule is CCCC1SCC(C(=O)O)N1C(=O)C(N)CC(N)=O. The average molecular weight is 289 g/mol. The summed E-state index contributed by atoms with van der Waals surface area (Å²) in [4.78, 5) is 35.5. The Hall–Kier alpha value is -1.28. The Morgan fingerprint density at radius 2 is 2.11 bits per heavy atom. The van der Waals surface area contributed by atoms with Crippen molar-refractivity contribution >= 4 is 29.5 Å². The van der Waals surface area contributed by atoms with Crippen molar-refractivity contribution in [3.63, 3.8) is 0 Å². The molecule has 0 aliphatic carbocycles. The molecule has 108 valence electrons. The third-order valence-electron chi connectivity index (χ3n) is 2.91. The number of nitrogens with zero attached hydrogens (tertiary/aromatic N) is 1. The predicted octanol–water partition coefficient (Wildman–Crippen LogP) is -0.656. The third-order valence-corrected chi connectivity index (χ3v) is 4.26. The van der Waals surface area contributed by atoms with Crippen LogP contribution in [0.2, 0.25) is 0 Å². The van der Waals surface area contributed by atoms with Crippen molar-refractivity contribution in [3.05, 3.63) is 0 Å². The Morgan fingerprint density at radius 1 is 1.47 bits per heavy atom. The van der Waals surface area contributed by atoms with Crippen LogP contribution < -0.4 is 11.5 Å². The molecule has 0 radical (unpaired) electrons. The molecular formula is C11H19N3O4S. The normalized spacial score (nSPS) is 24.2. The Bertz CT molecular complexity index is 377. The number of primary amides is 1. The summed E-state index contributed by atoms with van der Waals surface area (Å²) in [5, 5.41) is 8.95. The van der Waals surface area contributed by atoms with Crippen molar-refractivity contribution in [2.24, 2.45) is 11.5 Å². The molecule has 1 saturated heterocycles. The van der Waals surface area contributed by atoms with Gasteiger partial charge in [-0.15, -0.1) is 11.8 Å². The lowest BCUT2D eigenvalue weighted by Crippen LogP contribution is -2.52. The van der Waals surface area contributed by atoms with Gasteiger partial charge in [0.05, 0.1) is 17.8 Å². The Morgan fingerprint density at radius 3 is 2.58 bits per heavy atom. The molecule has 0 aromatic carbocycles. The van der Waals surface area contributed by atoms with Crippen LogP contribution in [0, 0.1) is 0 Å². The van der Waals surface area contributed by atoms with E-state index in [4.69, 9.17) is 16.6 Å². The van der Waals surface area contributed by atoms with Gasteiger partial charge in [0.1, 0.15) is 6.04 Å². The monoisotopic (exact) mass is 289 g/mol. The van der Waals surface area contributed by atoms with E-state index < -0.39 is 29.9 Å². The number of hydrogen-bond donors (Lipinski definition) is 3. The number of amides is 2. The number of nitrogens with two attached hydrogens (primary N) is 2. The fraction of sp³-hybridized carbons (Fsp3) is 0.727. The minimum atomic E-state index is -1.07. The van der Waals surface area contributed by atoms with E-state index in [-0.39, 0.29) is 11.8 Å². The molecule has 0 aromatic rings. The molecule has 1 fully saturated rings. The molecule has 5 N–H and O–H groups in total. The summed E-state index contributed by atoms with van der Waals surface area (Å²) in [6.45, 7) is 1.96. The van der Waals surface area contributed by atoms with E-state index in [0.717, 1.165) is 6.42 Å². The van der Waals surface area contributed by atoms with Crippen LogP contribution in [0.15, 0.2) is 0 Å². The molecule has 7 nitrogen and oxygen atoms in total. The van der Waals surface area contributed by atoms with Crippen LogP contribution in [0.5, 0.6) is 0 Å². The van der Waals surface area contributed by atoms with Gasteiger partial charge >= 0.3 is 5.97 Å². The first-order valence-corrected chi connectivity index (χ1v) is 7.13. The van der Waals surface area contributed by atoms with E-state index in [9.17, 15) is 14.4 Å². The molecule has 1 aliphatic rings. The number of carbonyl (C=O) groups is 3. The van der Waals surface area contributed by atoms with Gasteiger partial charge < -0.3 is 21.5 Å². The second-order valence-electron chi connectivity index (χ2n) is 4.45. The first-order valence-electron chi connectivity index (χ1n) is 6.09. The van der Waals surface area contributed by atoms with Crippen LogP contribution in [0.3, 0.4) is 0 Å². The maximum absolute atomic E-state index is 12.2. The van der Waals surface area contributed by atoms with Gasteiger partial charge in [0, 0.05) is 5.75 Å². The lowest BCUT2D eigenvalue weighted by molar-refractivity contribution is -0.150. The molecule has 1 rings (SSSR count). The lowest BCUT2D eigenvalue weighted by atomic mass is 10.1. The smallest absolute Gasteiger partial charge is 0.327 e. The van der Waals surface area contributed by atoms with Crippen molar-refractivity contribution in [2.75, 3.05) is 5.75 Å². The first-order chi connectivity index (χ1) is 8.88. The largest absolute Gasteiger partial charge is 0.480 e. The molecule has 0 aromatic heterocycles. The van der Waals surface area contributed by atoms with Crippen LogP contribution in [0.4, 0.5) is 0 Å². The summed E-state index contributed by atoms with van der Waals surface area (Å²) < 4.78 is 0. The summed E-state index contributed by atoms with van der Waals surface area (Å²) >= 11 is 1.43. The van der Waals surface area contributed by atoms with E-state index >= 15 is 0 Å². The summed E-state index contributed by atoms with van der Waals surface area (Å²) in [7, 11) is 0. The highest BCUT2D eigenvalue weighted by atomic mass is 32.2. The van der Waals surface area contributed by atoms with E-state index in [2.05, 4.69) is 0 Å². The van der Waals surface area contributed by atoms with Crippen LogP contribution in [0.1, 0.15) is 26.2 Å². The Labute approximate surface area is 115 Å². The quantitative estimate of drug-likeness (QED) is 0.596. The summed E-state index contributed by atoms with van der Waals surface area (Å²) in [5.74, 6) is -1.90. The average Bonchev–Trinajstić information content (AvgIpc) is 2.71. The van der Waals surface area contributed by atoms with Crippen LogP contribution >= 0.6 is 11.8 Å². The molecule has 3 unspecified atom stereocenters. The molecule has 0 bridgehead atoms. The molecule has 3 atom stereocenters. The van der Waals surface area contributed by atoms with Crippen molar-refractivity contribution < 1.29 is 19.5 Å². The molecule has 2 amide bonds. The van der Waals surface area contributed by atoms with Gasteiger partial charge in [-0.3, -0.25) is 9.59 Å². The van der Waals surface area contributed by atoms with Crippen molar-refractivity contribution in [2.45, 2.75) is 43.6 Å². The summed E-state index contributed by atoms with van der Waals surface area (Å²) in [6.07, 6.45) is 1.26. The summed E-state index contributed by atoms with van der Waals surface area (Å²) in [5.41, 5.74) is 10.6. The van der Waals surface area contributed by atoms with Crippen LogP contribution in [0.25, 0.3) is 0 Å². The van der Waals surface area contributed by atoms with E-state index in [0.29, 0.717) is 12.2 Å². The van der Waals surface area contributed by atoms with E-state index in [1.165, 1.54) is 16.7 Å². The molecule has 0 spiro atoms. The second-order valence-corrected chi connectivity index (χ2v) is 5.66. The van der Waals surface area contributed by atoms with Gasteiger partial charge in [-0.25, -0.2) is 4.79 Å². The lowest BCUT2D eigenvalue weighted by Gasteiger charge is -2.29. The topological polar surface area (TPSA) is 127 Å². The van der Waals surface area contributed by atoms with Gasteiger partial charge in [0.25, 0.3) is 0 Å². The number of carboxylic acids is 1. The van der Waals surface area contributed by atoms with Gasteiger partial charge in [0.15, 0.2) is 0 Å². The van der Waals surface area contributed by atoms with Gasteiger partial charge in [-0.05, 0) is 6.42 Å². The zero-order valence-electron chi connectivity index (χ0n) is 10.7. The summed E-state index contributed by atoms with van der Waals surface area (Å²) in [6, 6.07) is -1.95. The van der Waals surface area contributed by atoms with E-state index in [1.54, 1.807) is 0 Å². The second kappa shape index (κ2) is 6.76. The maximum atomic E-state index is 12.2. The number of hydrogen-bond acceptors (Lipinski definition) is 5. The zero-order valence-corrected chi connectivity index (χ0v) is 11.6. The van der Waals surface area contributed by atoms with Crippen LogP contribution in [-0.4, -0.2) is 51.0 Å². The van der Waals surface area contributed by atoms with Gasteiger partial charge in [-0.2, -0.15) is 0 Å². The standard InChI is InChI=1S/C11H19N3O4S/c1-2-3-9-14(7(5-19-9)11(17)18)10(16)6(12)4-8(13)15/h6-7,9H,2-5,12H2,1H3,(H2,13,15)(H,17,18). The Balaban J connectivity index is 2.85. The first kappa shape index (κ1) is 15.8. The molecular weight excluding hydrogens is 270 g/mol. The van der Waals surface area contributed by atoms with Gasteiger partial charge in [-0.1, -0.05) is 13.3 Å². The third kappa shape index (κ3) is 3.84. The molecule has 8 heteroatoms. The number of carboxylic acid groups (broad SMARTS) is 1. The highest BCUT2D eigenvalue weighted by Gasteiger charge is 2.42. The van der Waals surface area contributed by atoms with Crippen molar-refractivity contribution in [3.8, 4) is 0 Å². The number of thioether (sulfide) groups is 1. The fourth-order valence-corrected chi connectivity index (χ4v) is 3.54. The highest BCUT2D eigenvalue weighted by Crippen LogP contribution is 2.32. The fourth-order valence-electron chi connectivity index (χ4n) is 2.01.